The van der Waals surface area contributed by atoms with Crippen LogP contribution in [0.1, 0.15) is 16.2 Å². The summed E-state index contributed by atoms with van der Waals surface area (Å²) in [5.74, 6) is 0.266. The first-order valence-corrected chi connectivity index (χ1v) is 6.88. The smallest absolute Gasteiger partial charge is 0.289 e. The number of furan rings is 1. The molecule has 1 aromatic carbocycles. The molecular weight excluding hydrogens is 264 g/mol. The molecule has 3 rings (SSSR count). The van der Waals surface area contributed by atoms with Gasteiger partial charge in [-0.3, -0.25) is 9.78 Å². The summed E-state index contributed by atoms with van der Waals surface area (Å²) in [6.07, 6.45) is 2.49. The van der Waals surface area contributed by atoms with Crippen molar-refractivity contribution in [1.82, 2.24) is 9.88 Å². The van der Waals surface area contributed by atoms with Gasteiger partial charge in [0.1, 0.15) is 5.58 Å². The van der Waals surface area contributed by atoms with Gasteiger partial charge >= 0.3 is 0 Å². The maximum absolute atomic E-state index is 12.3. The van der Waals surface area contributed by atoms with Crippen LogP contribution < -0.4 is 0 Å². The molecule has 0 atom stereocenters. The van der Waals surface area contributed by atoms with Crippen molar-refractivity contribution in [1.29, 1.82) is 0 Å². The number of likely N-dealkylation sites (N-methyl/N-ethyl adjacent to an activating group) is 1. The van der Waals surface area contributed by atoms with Gasteiger partial charge in [0.05, 0.1) is 0 Å². The molecule has 0 fully saturated rings. The fourth-order valence-electron chi connectivity index (χ4n) is 2.21. The molecule has 0 saturated heterocycles. The van der Waals surface area contributed by atoms with E-state index in [2.05, 4.69) is 4.98 Å². The molecule has 3 aromatic rings. The molecule has 0 aliphatic heterocycles. The summed E-state index contributed by atoms with van der Waals surface area (Å²) in [6.45, 7) is 0.604. The van der Waals surface area contributed by atoms with E-state index in [0.717, 1.165) is 23.1 Å². The lowest BCUT2D eigenvalue weighted by atomic mass is 10.2. The molecule has 4 heteroatoms. The van der Waals surface area contributed by atoms with Crippen LogP contribution in [0, 0.1) is 0 Å². The van der Waals surface area contributed by atoms with Gasteiger partial charge in [0.25, 0.3) is 5.91 Å². The van der Waals surface area contributed by atoms with Gasteiger partial charge in [-0.1, -0.05) is 24.3 Å². The molecule has 4 nitrogen and oxygen atoms in total. The fraction of sp³-hybridized carbons (Fsp3) is 0.176. The predicted octanol–water partition coefficient (Wildman–Crippen LogP) is 3.14. The number of carbonyl (C=O) groups is 1. The Morgan fingerprint density at radius 1 is 1.19 bits per heavy atom. The van der Waals surface area contributed by atoms with Crippen LogP contribution in [0.15, 0.2) is 59.1 Å². The van der Waals surface area contributed by atoms with Gasteiger partial charge < -0.3 is 9.32 Å². The Bertz CT molecular complexity index is 717. The Kier molecular flexibility index (Phi) is 3.69. The number of amides is 1. The summed E-state index contributed by atoms with van der Waals surface area (Å²) in [6, 6.07) is 15.2. The molecule has 0 radical (unpaired) electrons. The second-order valence-corrected chi connectivity index (χ2v) is 4.95. The topological polar surface area (TPSA) is 46.3 Å². The molecule has 0 unspecified atom stereocenters. The predicted molar refractivity (Wildman–Crippen MR) is 81.1 cm³/mol. The summed E-state index contributed by atoms with van der Waals surface area (Å²) in [4.78, 5) is 18.3. The van der Waals surface area contributed by atoms with E-state index in [4.69, 9.17) is 4.42 Å². The van der Waals surface area contributed by atoms with Crippen LogP contribution in [-0.4, -0.2) is 29.4 Å². The van der Waals surface area contributed by atoms with Crippen LogP contribution >= 0.6 is 0 Å². The van der Waals surface area contributed by atoms with Crippen molar-refractivity contribution >= 4 is 16.9 Å². The Labute approximate surface area is 123 Å². The van der Waals surface area contributed by atoms with Gasteiger partial charge in [0.2, 0.25) is 0 Å². The number of rotatable bonds is 4. The number of nitrogens with zero attached hydrogens (tertiary/aromatic N) is 2. The number of pyridine rings is 1. The average Bonchev–Trinajstić information content (AvgIpc) is 2.97. The van der Waals surface area contributed by atoms with Crippen molar-refractivity contribution < 1.29 is 9.21 Å². The number of para-hydroxylation sites is 1. The largest absolute Gasteiger partial charge is 0.451 e. The summed E-state index contributed by atoms with van der Waals surface area (Å²) >= 11 is 0. The van der Waals surface area contributed by atoms with Gasteiger partial charge in [0, 0.05) is 37.3 Å². The third kappa shape index (κ3) is 2.94. The van der Waals surface area contributed by atoms with E-state index in [9.17, 15) is 4.79 Å². The maximum Gasteiger partial charge on any atom is 0.289 e. The molecule has 106 valence electrons. The highest BCUT2D eigenvalue weighted by atomic mass is 16.3. The second kappa shape index (κ2) is 5.79. The van der Waals surface area contributed by atoms with Gasteiger partial charge in [-0.05, 0) is 24.3 Å². The summed E-state index contributed by atoms with van der Waals surface area (Å²) in [7, 11) is 1.78. The number of benzene rings is 1. The van der Waals surface area contributed by atoms with Gasteiger partial charge in [0.15, 0.2) is 5.76 Å². The zero-order valence-corrected chi connectivity index (χ0v) is 11.8. The molecule has 0 aliphatic carbocycles. The molecule has 0 spiro atoms. The van der Waals surface area contributed by atoms with E-state index >= 15 is 0 Å². The fourth-order valence-corrected chi connectivity index (χ4v) is 2.21. The minimum absolute atomic E-state index is 0.109. The van der Waals surface area contributed by atoms with Crippen molar-refractivity contribution in [2.24, 2.45) is 0 Å². The molecule has 1 amide bonds. The van der Waals surface area contributed by atoms with Crippen molar-refractivity contribution in [3.8, 4) is 0 Å². The van der Waals surface area contributed by atoms with E-state index in [-0.39, 0.29) is 5.91 Å². The van der Waals surface area contributed by atoms with Crippen LogP contribution in [0.3, 0.4) is 0 Å². The minimum Gasteiger partial charge on any atom is -0.451 e. The first kappa shape index (κ1) is 13.4. The van der Waals surface area contributed by atoms with E-state index in [1.54, 1.807) is 24.2 Å². The highest BCUT2D eigenvalue weighted by Crippen LogP contribution is 2.19. The first-order valence-electron chi connectivity index (χ1n) is 6.88. The Morgan fingerprint density at radius 2 is 2.00 bits per heavy atom. The third-order valence-corrected chi connectivity index (χ3v) is 3.41. The molecule has 2 aromatic heterocycles. The number of hydrogen-bond donors (Lipinski definition) is 0. The Hall–Kier alpha value is -2.62. The number of hydrogen-bond acceptors (Lipinski definition) is 3. The molecule has 0 saturated carbocycles. The quantitative estimate of drug-likeness (QED) is 0.737. The Morgan fingerprint density at radius 3 is 2.76 bits per heavy atom. The maximum atomic E-state index is 12.3. The van der Waals surface area contributed by atoms with Gasteiger partial charge in [-0.15, -0.1) is 0 Å². The monoisotopic (exact) mass is 280 g/mol. The number of aromatic nitrogens is 1. The van der Waals surface area contributed by atoms with Crippen molar-refractivity contribution in [2.75, 3.05) is 13.6 Å². The van der Waals surface area contributed by atoms with Gasteiger partial charge in [-0.2, -0.15) is 0 Å². The van der Waals surface area contributed by atoms with E-state index in [0.29, 0.717) is 12.3 Å². The van der Waals surface area contributed by atoms with Crippen LogP contribution in [0.4, 0.5) is 0 Å². The molecule has 0 aliphatic rings. The van der Waals surface area contributed by atoms with Crippen LogP contribution in [-0.2, 0) is 6.42 Å². The second-order valence-electron chi connectivity index (χ2n) is 4.95. The molecule has 0 N–H and O–H groups in total. The normalized spacial score (nSPS) is 10.7. The van der Waals surface area contributed by atoms with Crippen LogP contribution in [0.25, 0.3) is 11.0 Å². The summed E-state index contributed by atoms with van der Waals surface area (Å²) in [5.41, 5.74) is 1.71. The van der Waals surface area contributed by atoms with Crippen LogP contribution in [0.5, 0.6) is 0 Å². The van der Waals surface area contributed by atoms with Crippen molar-refractivity contribution in [2.45, 2.75) is 6.42 Å². The van der Waals surface area contributed by atoms with E-state index < -0.39 is 0 Å². The average molecular weight is 280 g/mol. The molecule has 0 bridgehead atoms. The lowest BCUT2D eigenvalue weighted by Gasteiger charge is -2.15. The highest BCUT2D eigenvalue weighted by Gasteiger charge is 2.16. The SMILES string of the molecule is CN(CCc1ccccn1)C(=O)c1cc2ccccc2o1. The zero-order valence-electron chi connectivity index (χ0n) is 11.8. The summed E-state index contributed by atoms with van der Waals surface area (Å²) in [5, 5.41) is 0.943. The zero-order chi connectivity index (χ0) is 14.7. The van der Waals surface area contributed by atoms with Gasteiger partial charge in [-0.25, -0.2) is 0 Å². The molecule has 21 heavy (non-hydrogen) atoms. The highest BCUT2D eigenvalue weighted by molar-refractivity contribution is 5.95. The first-order chi connectivity index (χ1) is 10.2. The number of fused-ring (bicyclic) bond motifs is 1. The third-order valence-electron chi connectivity index (χ3n) is 3.41. The lowest BCUT2D eigenvalue weighted by Crippen LogP contribution is -2.28. The minimum atomic E-state index is -0.109. The van der Waals surface area contributed by atoms with Crippen LogP contribution in [0.2, 0.25) is 0 Å². The standard InChI is InChI=1S/C17H16N2O2/c1-19(11-9-14-7-4-5-10-18-14)17(20)16-12-13-6-2-3-8-15(13)21-16/h2-8,10,12H,9,11H2,1H3. The summed E-state index contributed by atoms with van der Waals surface area (Å²) < 4.78 is 5.60. The van der Waals surface area contributed by atoms with E-state index in [1.165, 1.54) is 0 Å². The Balaban J connectivity index is 1.69. The van der Waals surface area contributed by atoms with Crippen molar-refractivity contribution in [3.05, 3.63) is 66.2 Å². The molecule has 2 heterocycles. The van der Waals surface area contributed by atoms with E-state index in [1.807, 2.05) is 42.5 Å². The number of carbonyl (C=O) groups excluding carboxylic acids is 1. The molecular formula is C17H16N2O2. The van der Waals surface area contributed by atoms with Crippen molar-refractivity contribution in [3.63, 3.8) is 0 Å². The lowest BCUT2D eigenvalue weighted by molar-refractivity contribution is 0.0767.